The molecule has 0 bridgehead atoms. The molecule has 0 fully saturated rings. The van der Waals surface area contributed by atoms with Crippen molar-refractivity contribution in [3.8, 4) is 0 Å². The van der Waals surface area contributed by atoms with Crippen molar-refractivity contribution in [2.24, 2.45) is 5.92 Å². The van der Waals surface area contributed by atoms with E-state index in [1.807, 2.05) is 6.07 Å². The van der Waals surface area contributed by atoms with E-state index in [0.717, 1.165) is 5.76 Å². The zero-order valence-corrected chi connectivity index (χ0v) is 11.8. The third kappa shape index (κ3) is 2.78. The van der Waals surface area contributed by atoms with Crippen LogP contribution in [0.2, 0.25) is 0 Å². The Morgan fingerprint density at radius 2 is 2.18 bits per heavy atom. The first-order valence-electron chi connectivity index (χ1n) is 6.96. The van der Waals surface area contributed by atoms with Crippen LogP contribution in [0.4, 0.5) is 4.39 Å². The molecule has 0 amide bonds. The second kappa shape index (κ2) is 6.11. The minimum Gasteiger partial charge on any atom is -0.469 e. The minimum absolute atomic E-state index is 0.0651. The lowest BCUT2D eigenvalue weighted by atomic mass is 10.0. The number of para-hydroxylation sites is 1. The van der Waals surface area contributed by atoms with E-state index in [9.17, 15) is 14.3 Å². The number of aromatic nitrogens is 2. The lowest BCUT2D eigenvalue weighted by Crippen LogP contribution is -2.27. The van der Waals surface area contributed by atoms with Gasteiger partial charge in [-0.05, 0) is 24.3 Å². The van der Waals surface area contributed by atoms with Crippen LogP contribution in [-0.4, -0.2) is 21.3 Å². The fraction of sp³-hybridized carbons (Fsp3) is 0.250. The van der Waals surface area contributed by atoms with Gasteiger partial charge >= 0.3 is 0 Å². The molecular weight excluding hydrogens is 287 g/mol. The molecule has 114 valence electrons. The normalized spacial score (nSPS) is 12.6. The van der Waals surface area contributed by atoms with Gasteiger partial charge in [0.15, 0.2) is 0 Å². The summed E-state index contributed by atoms with van der Waals surface area (Å²) in [7, 11) is 0. The van der Waals surface area contributed by atoms with Gasteiger partial charge in [-0.25, -0.2) is 9.37 Å². The van der Waals surface area contributed by atoms with E-state index >= 15 is 0 Å². The Kier molecular flexibility index (Phi) is 4.02. The average molecular weight is 302 g/mol. The van der Waals surface area contributed by atoms with E-state index in [-0.39, 0.29) is 35.5 Å². The van der Waals surface area contributed by atoms with Crippen LogP contribution in [0.1, 0.15) is 5.76 Å². The highest BCUT2D eigenvalue weighted by molar-refractivity contribution is 5.77. The molecule has 2 heterocycles. The Balaban J connectivity index is 1.90. The molecule has 0 aliphatic heterocycles. The van der Waals surface area contributed by atoms with Crippen LogP contribution in [0, 0.1) is 11.7 Å². The summed E-state index contributed by atoms with van der Waals surface area (Å²) in [6.07, 6.45) is 3.39. The van der Waals surface area contributed by atoms with Gasteiger partial charge in [0.25, 0.3) is 5.56 Å². The highest BCUT2D eigenvalue weighted by Gasteiger charge is 2.14. The SMILES string of the molecule is O=c1c2cccc(F)c2ncn1CC(CO)Cc1ccco1. The van der Waals surface area contributed by atoms with Gasteiger partial charge in [-0.15, -0.1) is 0 Å². The molecule has 1 atom stereocenters. The fourth-order valence-corrected chi connectivity index (χ4v) is 2.46. The summed E-state index contributed by atoms with van der Waals surface area (Å²) in [5, 5.41) is 9.73. The molecule has 0 saturated heterocycles. The topological polar surface area (TPSA) is 68.3 Å². The van der Waals surface area contributed by atoms with E-state index in [0.29, 0.717) is 6.42 Å². The van der Waals surface area contributed by atoms with Crippen LogP contribution >= 0.6 is 0 Å². The van der Waals surface area contributed by atoms with Crippen molar-refractivity contribution in [3.63, 3.8) is 0 Å². The molecule has 0 saturated carbocycles. The maximum Gasteiger partial charge on any atom is 0.261 e. The molecular formula is C16H15FN2O3. The van der Waals surface area contributed by atoms with Crippen molar-refractivity contribution in [1.29, 1.82) is 0 Å². The Hall–Kier alpha value is -2.47. The number of aliphatic hydroxyl groups excluding tert-OH is 1. The lowest BCUT2D eigenvalue weighted by molar-refractivity contribution is 0.203. The van der Waals surface area contributed by atoms with Crippen LogP contribution in [0.15, 0.2) is 52.1 Å². The van der Waals surface area contributed by atoms with E-state index in [1.165, 1.54) is 23.0 Å². The van der Waals surface area contributed by atoms with Crippen molar-refractivity contribution in [3.05, 3.63) is 64.9 Å². The van der Waals surface area contributed by atoms with Gasteiger partial charge in [-0.2, -0.15) is 0 Å². The molecule has 1 N–H and O–H groups in total. The number of rotatable bonds is 5. The molecule has 1 unspecified atom stereocenters. The van der Waals surface area contributed by atoms with E-state index in [1.54, 1.807) is 18.4 Å². The molecule has 3 rings (SSSR count). The standard InChI is InChI=1S/C16H15FN2O3/c17-14-5-1-4-13-15(14)18-10-19(16(13)21)8-11(9-20)7-12-3-2-6-22-12/h1-6,10-11,20H,7-9H2. The second-order valence-corrected chi connectivity index (χ2v) is 5.17. The van der Waals surface area contributed by atoms with Gasteiger partial charge in [0.1, 0.15) is 17.1 Å². The van der Waals surface area contributed by atoms with E-state index in [2.05, 4.69) is 4.98 Å². The van der Waals surface area contributed by atoms with Crippen LogP contribution in [0.3, 0.4) is 0 Å². The number of aliphatic hydroxyl groups is 1. The summed E-state index contributed by atoms with van der Waals surface area (Å²) >= 11 is 0. The molecule has 22 heavy (non-hydrogen) atoms. The van der Waals surface area contributed by atoms with Gasteiger partial charge in [0, 0.05) is 25.5 Å². The molecule has 0 spiro atoms. The summed E-state index contributed by atoms with van der Waals surface area (Å²) < 4.78 is 20.3. The monoisotopic (exact) mass is 302 g/mol. The van der Waals surface area contributed by atoms with Gasteiger partial charge < -0.3 is 9.52 Å². The molecule has 0 radical (unpaired) electrons. The Morgan fingerprint density at radius 1 is 1.32 bits per heavy atom. The van der Waals surface area contributed by atoms with Crippen molar-refractivity contribution >= 4 is 10.9 Å². The number of furan rings is 1. The smallest absolute Gasteiger partial charge is 0.261 e. The lowest BCUT2D eigenvalue weighted by Gasteiger charge is -2.14. The molecule has 0 aliphatic carbocycles. The molecule has 1 aromatic carbocycles. The summed E-state index contributed by atoms with van der Waals surface area (Å²) in [6, 6.07) is 7.89. The highest BCUT2D eigenvalue weighted by atomic mass is 19.1. The third-order valence-corrected chi connectivity index (χ3v) is 3.59. The van der Waals surface area contributed by atoms with Gasteiger partial charge in [0.05, 0.1) is 18.0 Å². The van der Waals surface area contributed by atoms with Gasteiger partial charge in [-0.1, -0.05) is 6.07 Å². The number of hydrogen-bond donors (Lipinski definition) is 1. The fourth-order valence-electron chi connectivity index (χ4n) is 2.46. The Labute approximate surface area is 125 Å². The summed E-state index contributed by atoms with van der Waals surface area (Å²) in [6.45, 7) is 0.198. The van der Waals surface area contributed by atoms with Gasteiger partial charge in [0.2, 0.25) is 0 Å². The zero-order chi connectivity index (χ0) is 15.5. The maximum atomic E-state index is 13.6. The molecule has 6 heteroatoms. The molecule has 0 aliphatic rings. The van der Waals surface area contributed by atoms with Crippen molar-refractivity contribution < 1.29 is 13.9 Å². The largest absolute Gasteiger partial charge is 0.469 e. The average Bonchev–Trinajstić information content (AvgIpc) is 3.03. The quantitative estimate of drug-likeness (QED) is 0.782. The van der Waals surface area contributed by atoms with Crippen LogP contribution in [0.25, 0.3) is 10.9 Å². The molecule has 5 nitrogen and oxygen atoms in total. The summed E-state index contributed by atoms with van der Waals surface area (Å²) in [5.74, 6) is 0.0413. The second-order valence-electron chi connectivity index (χ2n) is 5.17. The first-order valence-corrected chi connectivity index (χ1v) is 6.96. The van der Waals surface area contributed by atoms with Crippen LogP contribution < -0.4 is 5.56 Å². The first-order chi connectivity index (χ1) is 10.7. The Morgan fingerprint density at radius 3 is 2.91 bits per heavy atom. The zero-order valence-electron chi connectivity index (χ0n) is 11.8. The summed E-state index contributed by atoms with van der Waals surface area (Å²) in [5.41, 5.74) is -0.252. The highest BCUT2D eigenvalue weighted by Crippen LogP contribution is 2.13. The predicted octanol–water partition coefficient (Wildman–Crippen LogP) is 1.98. The Bertz CT molecular complexity index is 827. The minimum atomic E-state index is -0.518. The first kappa shape index (κ1) is 14.5. The van der Waals surface area contributed by atoms with Crippen LogP contribution in [-0.2, 0) is 13.0 Å². The van der Waals surface area contributed by atoms with E-state index < -0.39 is 5.82 Å². The number of nitrogens with zero attached hydrogens (tertiary/aromatic N) is 2. The van der Waals surface area contributed by atoms with Crippen molar-refractivity contribution in [2.45, 2.75) is 13.0 Å². The van der Waals surface area contributed by atoms with Crippen molar-refractivity contribution in [1.82, 2.24) is 9.55 Å². The van der Waals surface area contributed by atoms with E-state index in [4.69, 9.17) is 4.42 Å². The van der Waals surface area contributed by atoms with Crippen molar-refractivity contribution in [2.75, 3.05) is 6.61 Å². The molecule has 2 aromatic heterocycles. The summed E-state index contributed by atoms with van der Waals surface area (Å²) in [4.78, 5) is 16.4. The predicted molar refractivity (Wildman–Crippen MR) is 78.9 cm³/mol. The molecule has 3 aromatic rings. The third-order valence-electron chi connectivity index (χ3n) is 3.59. The van der Waals surface area contributed by atoms with Gasteiger partial charge in [-0.3, -0.25) is 9.36 Å². The number of benzene rings is 1. The number of fused-ring (bicyclic) bond motifs is 1. The van der Waals surface area contributed by atoms with Crippen LogP contribution in [0.5, 0.6) is 0 Å². The maximum absolute atomic E-state index is 13.6. The number of halogens is 1. The number of hydrogen-bond acceptors (Lipinski definition) is 4.